The Morgan fingerprint density at radius 3 is 2.59 bits per heavy atom. The number of anilines is 1. The predicted octanol–water partition coefficient (Wildman–Crippen LogP) is 0.660. The normalized spacial score (nSPS) is 12.4. The molecule has 0 spiro atoms. The van der Waals surface area contributed by atoms with E-state index in [0.717, 1.165) is 0 Å². The third kappa shape index (κ3) is 2.50. The minimum absolute atomic E-state index is 0.338. The second-order valence-corrected chi connectivity index (χ2v) is 3.77. The Labute approximate surface area is 103 Å². The van der Waals surface area contributed by atoms with Gasteiger partial charge in [-0.25, -0.2) is 20.4 Å². The summed E-state index contributed by atoms with van der Waals surface area (Å²) in [4.78, 5) is 12.2. The van der Waals surface area contributed by atoms with Crippen LogP contribution in [0.25, 0.3) is 0 Å². The summed E-state index contributed by atoms with van der Waals surface area (Å²) < 4.78 is 0. The van der Waals surface area contributed by atoms with Crippen molar-refractivity contribution in [2.75, 3.05) is 5.73 Å². The maximum Gasteiger partial charge on any atom is 0.151 e. The zero-order valence-electron chi connectivity index (χ0n) is 8.84. The SMILES string of the molecule is NNC(c1ncccn1)c1cc(Cl)cnc1N. The molecule has 0 aromatic carbocycles. The highest BCUT2D eigenvalue weighted by molar-refractivity contribution is 6.30. The molecule has 0 aliphatic rings. The monoisotopic (exact) mass is 250 g/mol. The van der Waals surface area contributed by atoms with Gasteiger partial charge in [-0.15, -0.1) is 0 Å². The van der Waals surface area contributed by atoms with Gasteiger partial charge in [0.2, 0.25) is 0 Å². The van der Waals surface area contributed by atoms with Gasteiger partial charge in [-0.05, 0) is 12.1 Å². The third-order valence-electron chi connectivity index (χ3n) is 2.24. The van der Waals surface area contributed by atoms with Gasteiger partial charge >= 0.3 is 0 Å². The number of nitrogens with one attached hydrogen (secondary N) is 1. The van der Waals surface area contributed by atoms with Crippen LogP contribution in [0.4, 0.5) is 5.82 Å². The quantitative estimate of drug-likeness (QED) is 0.546. The summed E-state index contributed by atoms with van der Waals surface area (Å²) >= 11 is 5.88. The van der Waals surface area contributed by atoms with Crippen molar-refractivity contribution in [3.8, 4) is 0 Å². The zero-order chi connectivity index (χ0) is 12.3. The highest BCUT2D eigenvalue weighted by Gasteiger charge is 2.18. The largest absolute Gasteiger partial charge is 0.383 e. The molecule has 2 heterocycles. The van der Waals surface area contributed by atoms with Crippen molar-refractivity contribution >= 4 is 17.4 Å². The number of hydrogen-bond donors (Lipinski definition) is 3. The van der Waals surface area contributed by atoms with Crippen LogP contribution in [-0.2, 0) is 0 Å². The standard InChI is InChI=1S/C10H11ClN6/c11-6-4-7(9(12)16-5-6)8(17-13)10-14-2-1-3-15-10/h1-5,8,17H,13H2,(H2,12,16). The Balaban J connectivity index is 2.46. The molecule has 1 atom stereocenters. The molecule has 5 N–H and O–H groups in total. The summed E-state index contributed by atoms with van der Waals surface area (Å²) in [5.74, 6) is 6.34. The molecule has 0 aliphatic carbocycles. The number of nitrogens with two attached hydrogens (primary N) is 2. The van der Waals surface area contributed by atoms with E-state index in [1.807, 2.05) is 0 Å². The molecule has 1 unspecified atom stereocenters. The molecule has 0 bridgehead atoms. The molecule has 0 radical (unpaired) electrons. The van der Waals surface area contributed by atoms with E-state index in [4.69, 9.17) is 23.2 Å². The Hall–Kier alpha value is -1.76. The van der Waals surface area contributed by atoms with Gasteiger partial charge in [-0.3, -0.25) is 5.84 Å². The second kappa shape index (κ2) is 5.05. The van der Waals surface area contributed by atoms with Crippen molar-refractivity contribution in [3.63, 3.8) is 0 Å². The first kappa shape index (κ1) is 11.7. The van der Waals surface area contributed by atoms with Crippen molar-refractivity contribution in [3.05, 3.63) is 47.1 Å². The van der Waals surface area contributed by atoms with Crippen molar-refractivity contribution in [1.82, 2.24) is 20.4 Å². The minimum Gasteiger partial charge on any atom is -0.383 e. The van der Waals surface area contributed by atoms with Crippen molar-refractivity contribution < 1.29 is 0 Å². The Morgan fingerprint density at radius 1 is 1.24 bits per heavy atom. The molecule has 0 fully saturated rings. The van der Waals surface area contributed by atoms with Crippen molar-refractivity contribution in [2.24, 2.45) is 5.84 Å². The first-order valence-electron chi connectivity index (χ1n) is 4.86. The van der Waals surface area contributed by atoms with Gasteiger partial charge in [0, 0.05) is 24.2 Å². The van der Waals surface area contributed by atoms with Crippen LogP contribution in [0, 0.1) is 0 Å². The van der Waals surface area contributed by atoms with Crippen LogP contribution in [0.1, 0.15) is 17.4 Å². The maximum absolute atomic E-state index is 5.88. The summed E-state index contributed by atoms with van der Waals surface area (Å²) in [6.45, 7) is 0. The fraction of sp³-hybridized carbons (Fsp3) is 0.100. The van der Waals surface area contributed by atoms with E-state index in [9.17, 15) is 0 Å². The maximum atomic E-state index is 5.88. The average molecular weight is 251 g/mol. The van der Waals surface area contributed by atoms with Gasteiger partial charge in [-0.1, -0.05) is 11.6 Å². The lowest BCUT2D eigenvalue weighted by atomic mass is 10.1. The van der Waals surface area contributed by atoms with E-state index in [1.165, 1.54) is 6.20 Å². The number of pyridine rings is 1. The van der Waals surface area contributed by atoms with Gasteiger partial charge in [0.15, 0.2) is 5.82 Å². The van der Waals surface area contributed by atoms with Crippen LogP contribution < -0.4 is 17.0 Å². The van der Waals surface area contributed by atoms with E-state index < -0.39 is 6.04 Å². The number of nitrogens with zero attached hydrogens (tertiary/aromatic N) is 3. The van der Waals surface area contributed by atoms with Crippen LogP contribution in [0.5, 0.6) is 0 Å². The van der Waals surface area contributed by atoms with Gasteiger partial charge in [0.25, 0.3) is 0 Å². The summed E-state index contributed by atoms with van der Waals surface area (Å²) in [5.41, 5.74) is 9.03. The van der Waals surface area contributed by atoms with E-state index in [2.05, 4.69) is 20.4 Å². The van der Waals surface area contributed by atoms with Gasteiger partial charge in [-0.2, -0.15) is 0 Å². The lowest BCUT2D eigenvalue weighted by Crippen LogP contribution is -2.31. The highest BCUT2D eigenvalue weighted by Crippen LogP contribution is 2.24. The van der Waals surface area contributed by atoms with Gasteiger partial charge in [0.1, 0.15) is 11.9 Å². The highest BCUT2D eigenvalue weighted by atomic mass is 35.5. The molecule has 0 amide bonds. The van der Waals surface area contributed by atoms with Crippen LogP contribution >= 0.6 is 11.6 Å². The van der Waals surface area contributed by atoms with E-state index in [0.29, 0.717) is 22.2 Å². The number of hydrogen-bond acceptors (Lipinski definition) is 6. The summed E-state index contributed by atoms with van der Waals surface area (Å²) in [7, 11) is 0. The van der Waals surface area contributed by atoms with Gasteiger partial charge in [0.05, 0.1) is 5.02 Å². The molecule has 17 heavy (non-hydrogen) atoms. The number of nitrogen functional groups attached to an aromatic ring is 1. The number of hydrazine groups is 1. The molecule has 0 saturated heterocycles. The lowest BCUT2D eigenvalue weighted by Gasteiger charge is -2.16. The molecular weight excluding hydrogens is 240 g/mol. The molecule has 0 saturated carbocycles. The number of aromatic nitrogens is 3. The van der Waals surface area contributed by atoms with Crippen molar-refractivity contribution in [2.45, 2.75) is 6.04 Å². The molecule has 7 heteroatoms. The van der Waals surface area contributed by atoms with E-state index in [-0.39, 0.29) is 0 Å². The van der Waals surface area contributed by atoms with Gasteiger partial charge < -0.3 is 5.73 Å². The van der Waals surface area contributed by atoms with Crippen LogP contribution in [-0.4, -0.2) is 15.0 Å². The van der Waals surface area contributed by atoms with Crippen LogP contribution in [0.3, 0.4) is 0 Å². The topological polar surface area (TPSA) is 103 Å². The molecule has 2 aromatic rings. The smallest absolute Gasteiger partial charge is 0.151 e. The Morgan fingerprint density at radius 2 is 1.94 bits per heavy atom. The summed E-state index contributed by atoms with van der Waals surface area (Å²) in [5, 5.41) is 0.477. The van der Waals surface area contributed by atoms with Crippen LogP contribution in [0.15, 0.2) is 30.7 Å². The fourth-order valence-corrected chi connectivity index (χ4v) is 1.63. The number of rotatable bonds is 3. The summed E-state index contributed by atoms with van der Waals surface area (Å²) in [6.07, 6.45) is 4.72. The molecule has 0 aliphatic heterocycles. The number of halogens is 1. The predicted molar refractivity (Wildman–Crippen MR) is 64.9 cm³/mol. The molecular formula is C10H11ClN6. The van der Waals surface area contributed by atoms with Crippen LogP contribution in [0.2, 0.25) is 5.02 Å². The Kier molecular flexibility index (Phi) is 3.48. The molecule has 88 valence electrons. The first-order chi connectivity index (χ1) is 8.22. The first-order valence-corrected chi connectivity index (χ1v) is 5.24. The third-order valence-corrected chi connectivity index (χ3v) is 2.44. The lowest BCUT2D eigenvalue weighted by molar-refractivity contribution is 0.601. The fourth-order valence-electron chi connectivity index (χ4n) is 1.46. The molecule has 2 rings (SSSR count). The second-order valence-electron chi connectivity index (χ2n) is 3.33. The van der Waals surface area contributed by atoms with E-state index >= 15 is 0 Å². The Bertz CT molecular complexity index is 503. The van der Waals surface area contributed by atoms with E-state index in [1.54, 1.807) is 24.5 Å². The van der Waals surface area contributed by atoms with Crippen molar-refractivity contribution in [1.29, 1.82) is 0 Å². The molecule has 6 nitrogen and oxygen atoms in total. The minimum atomic E-state index is -0.442. The average Bonchev–Trinajstić information content (AvgIpc) is 2.36. The molecule has 2 aromatic heterocycles. The summed E-state index contributed by atoms with van der Waals surface area (Å²) in [6, 6.07) is 2.96. The zero-order valence-corrected chi connectivity index (χ0v) is 9.59.